The average Bonchev–Trinajstić information content (AvgIpc) is 3.06. The Morgan fingerprint density at radius 1 is 1.12 bits per heavy atom. The summed E-state index contributed by atoms with van der Waals surface area (Å²) in [6.07, 6.45) is 1.84. The molecule has 0 spiro atoms. The maximum Gasteiger partial charge on any atom is 0.270 e. The fourth-order valence-corrected chi connectivity index (χ4v) is 5.62. The van der Waals surface area contributed by atoms with Crippen molar-refractivity contribution in [2.24, 2.45) is 0 Å². The lowest BCUT2D eigenvalue weighted by atomic mass is 10.1. The van der Waals surface area contributed by atoms with E-state index in [9.17, 15) is 4.79 Å². The van der Waals surface area contributed by atoms with Crippen LogP contribution in [0.3, 0.4) is 0 Å². The molecule has 1 heterocycles. The highest BCUT2D eigenvalue weighted by Gasteiger charge is 2.33. The molecule has 0 bridgehead atoms. The number of hydrogen-bond donors (Lipinski definition) is 0. The number of nitrogens with zero attached hydrogens (tertiary/aromatic N) is 1. The average molecular weight is 638 g/mol. The Hall–Kier alpha value is -1.88. The first kappa shape index (κ1) is 23.3. The molecule has 32 heavy (non-hydrogen) atoms. The van der Waals surface area contributed by atoms with Crippen molar-refractivity contribution in [3.05, 3.63) is 90.8 Å². The number of methoxy groups -OCH3 is 1. The molecule has 4 rings (SSSR count). The lowest BCUT2D eigenvalue weighted by molar-refractivity contribution is -0.113. The van der Waals surface area contributed by atoms with Crippen molar-refractivity contribution in [1.29, 1.82) is 0 Å². The second kappa shape index (κ2) is 10.4. The normalized spacial score (nSPS) is 14.8. The maximum atomic E-state index is 13.1. The molecular formula is C24H17BrINO3S2. The van der Waals surface area contributed by atoms with Crippen LogP contribution in [0, 0.1) is 3.57 Å². The fraction of sp³-hybridized carbons (Fsp3) is 0.0833. The number of ether oxygens (including phenoxy) is 2. The van der Waals surface area contributed by atoms with Gasteiger partial charge in [-0.3, -0.25) is 9.69 Å². The third-order valence-electron chi connectivity index (χ3n) is 4.64. The van der Waals surface area contributed by atoms with Gasteiger partial charge in [-0.25, -0.2) is 0 Å². The highest BCUT2D eigenvalue weighted by Crippen LogP contribution is 2.39. The highest BCUT2D eigenvalue weighted by molar-refractivity contribution is 14.1. The molecule has 0 atom stereocenters. The number of halogens is 2. The Morgan fingerprint density at radius 2 is 1.91 bits per heavy atom. The Labute approximate surface area is 218 Å². The van der Waals surface area contributed by atoms with E-state index in [1.54, 1.807) is 12.0 Å². The number of carbonyl (C=O) groups excluding carboxylic acids is 1. The van der Waals surface area contributed by atoms with Crippen LogP contribution < -0.4 is 14.4 Å². The van der Waals surface area contributed by atoms with Crippen molar-refractivity contribution in [3.8, 4) is 11.5 Å². The molecule has 0 radical (unpaired) electrons. The highest BCUT2D eigenvalue weighted by atomic mass is 127. The van der Waals surface area contributed by atoms with Gasteiger partial charge in [-0.15, -0.1) is 0 Å². The van der Waals surface area contributed by atoms with Crippen molar-refractivity contribution in [3.63, 3.8) is 0 Å². The third-order valence-corrected chi connectivity index (χ3v) is 7.23. The third kappa shape index (κ3) is 5.19. The van der Waals surface area contributed by atoms with Crippen LogP contribution >= 0.6 is 62.5 Å². The zero-order valence-corrected chi connectivity index (χ0v) is 22.3. The Kier molecular flexibility index (Phi) is 7.55. The lowest BCUT2D eigenvalue weighted by Gasteiger charge is -2.15. The molecule has 162 valence electrons. The van der Waals surface area contributed by atoms with Crippen LogP contribution in [0.15, 0.2) is 76.1 Å². The van der Waals surface area contributed by atoms with Gasteiger partial charge in [-0.2, -0.15) is 0 Å². The van der Waals surface area contributed by atoms with Crippen LogP contribution in [0.4, 0.5) is 5.69 Å². The van der Waals surface area contributed by atoms with Gasteiger partial charge < -0.3 is 9.47 Å². The topological polar surface area (TPSA) is 38.8 Å². The number of anilines is 1. The predicted molar refractivity (Wildman–Crippen MR) is 146 cm³/mol. The summed E-state index contributed by atoms with van der Waals surface area (Å²) in [6, 6.07) is 21.3. The maximum absolute atomic E-state index is 13.1. The smallest absolute Gasteiger partial charge is 0.270 e. The zero-order valence-electron chi connectivity index (χ0n) is 16.9. The number of rotatable bonds is 6. The first-order chi connectivity index (χ1) is 15.5. The summed E-state index contributed by atoms with van der Waals surface area (Å²) in [6.45, 7) is 0.442. The monoisotopic (exact) mass is 637 g/mol. The van der Waals surface area contributed by atoms with Crippen LogP contribution in [0.2, 0.25) is 0 Å². The van der Waals surface area contributed by atoms with Gasteiger partial charge in [-0.05, 0) is 70.1 Å². The minimum absolute atomic E-state index is 0.142. The fourth-order valence-electron chi connectivity index (χ4n) is 3.15. The standard InChI is InChI=1S/C24H17BrINO3S2/c1-29-20-11-16(10-19(26)22(20)30-14-15-6-3-2-4-7-15)12-21-23(28)27(24(31)32-21)18-9-5-8-17(25)13-18/h2-13H,14H2,1H3/b21-12+. The summed E-state index contributed by atoms with van der Waals surface area (Å²) in [5, 5.41) is 0. The van der Waals surface area contributed by atoms with E-state index >= 15 is 0 Å². The van der Waals surface area contributed by atoms with E-state index in [0.717, 1.165) is 24.9 Å². The second-order valence-corrected chi connectivity index (χ2v) is 10.6. The summed E-state index contributed by atoms with van der Waals surface area (Å²) < 4.78 is 13.9. The SMILES string of the molecule is COc1cc(/C=C2/SC(=S)N(c3cccc(Br)c3)C2=O)cc(I)c1OCc1ccccc1. The molecule has 0 unspecified atom stereocenters. The lowest BCUT2D eigenvalue weighted by Crippen LogP contribution is -2.27. The van der Waals surface area contributed by atoms with Crippen molar-refractivity contribution in [1.82, 2.24) is 0 Å². The molecule has 8 heteroatoms. The summed E-state index contributed by atoms with van der Waals surface area (Å²) in [7, 11) is 1.61. The van der Waals surface area contributed by atoms with E-state index < -0.39 is 0 Å². The van der Waals surface area contributed by atoms with Crippen molar-refractivity contribution in [2.45, 2.75) is 6.61 Å². The number of benzene rings is 3. The van der Waals surface area contributed by atoms with Gasteiger partial charge in [0.05, 0.1) is 21.3 Å². The number of hydrogen-bond acceptors (Lipinski definition) is 5. The second-order valence-electron chi connectivity index (χ2n) is 6.81. The molecule has 3 aromatic rings. The van der Waals surface area contributed by atoms with Crippen LogP contribution in [-0.4, -0.2) is 17.3 Å². The van der Waals surface area contributed by atoms with E-state index in [2.05, 4.69) is 38.5 Å². The minimum Gasteiger partial charge on any atom is -0.493 e. The molecule has 1 fully saturated rings. The molecule has 4 nitrogen and oxygen atoms in total. The van der Waals surface area contributed by atoms with Gasteiger partial charge in [0.2, 0.25) is 0 Å². The van der Waals surface area contributed by atoms with Crippen LogP contribution in [-0.2, 0) is 11.4 Å². The molecule has 0 aliphatic carbocycles. The van der Waals surface area contributed by atoms with Crippen LogP contribution in [0.25, 0.3) is 6.08 Å². The van der Waals surface area contributed by atoms with Gasteiger partial charge in [0.15, 0.2) is 15.8 Å². The zero-order chi connectivity index (χ0) is 22.7. The first-order valence-electron chi connectivity index (χ1n) is 9.54. The van der Waals surface area contributed by atoms with E-state index in [4.69, 9.17) is 21.7 Å². The van der Waals surface area contributed by atoms with Gasteiger partial charge in [0, 0.05) is 4.47 Å². The summed E-state index contributed by atoms with van der Waals surface area (Å²) in [4.78, 5) is 15.2. The minimum atomic E-state index is -0.142. The van der Waals surface area contributed by atoms with Gasteiger partial charge in [-0.1, -0.05) is 76.3 Å². The molecule has 1 saturated heterocycles. The van der Waals surface area contributed by atoms with Crippen LogP contribution in [0.1, 0.15) is 11.1 Å². The van der Waals surface area contributed by atoms with Crippen molar-refractivity contribution >= 4 is 84.5 Å². The molecular weight excluding hydrogens is 621 g/mol. The number of thiocarbonyl (C=S) groups is 1. The van der Waals surface area contributed by atoms with Crippen molar-refractivity contribution in [2.75, 3.05) is 12.0 Å². The Morgan fingerprint density at radius 3 is 2.62 bits per heavy atom. The summed E-state index contributed by atoms with van der Waals surface area (Å²) in [5.74, 6) is 1.15. The number of thioether (sulfide) groups is 1. The molecule has 1 aliphatic heterocycles. The van der Waals surface area contributed by atoms with Gasteiger partial charge in [0.1, 0.15) is 6.61 Å². The van der Waals surface area contributed by atoms with Gasteiger partial charge >= 0.3 is 0 Å². The van der Waals surface area contributed by atoms with Crippen molar-refractivity contribution < 1.29 is 14.3 Å². The van der Waals surface area contributed by atoms with E-state index in [1.807, 2.05) is 72.8 Å². The van der Waals surface area contributed by atoms with Crippen LogP contribution in [0.5, 0.6) is 11.5 Å². The quantitative estimate of drug-likeness (QED) is 0.165. The molecule has 0 N–H and O–H groups in total. The molecule has 1 amide bonds. The predicted octanol–water partition coefficient (Wildman–Crippen LogP) is 7.05. The Bertz CT molecular complexity index is 1220. The number of carbonyl (C=O) groups is 1. The summed E-state index contributed by atoms with van der Waals surface area (Å²) in [5.41, 5.74) is 2.65. The molecule has 0 aromatic heterocycles. The first-order valence-corrected chi connectivity index (χ1v) is 12.6. The number of amides is 1. The van der Waals surface area contributed by atoms with E-state index in [0.29, 0.717) is 27.3 Å². The molecule has 1 aliphatic rings. The largest absolute Gasteiger partial charge is 0.493 e. The molecule has 3 aromatic carbocycles. The van der Waals surface area contributed by atoms with E-state index in [-0.39, 0.29) is 5.91 Å². The van der Waals surface area contributed by atoms with E-state index in [1.165, 1.54) is 11.8 Å². The summed E-state index contributed by atoms with van der Waals surface area (Å²) >= 11 is 12.4. The van der Waals surface area contributed by atoms with Gasteiger partial charge in [0.25, 0.3) is 5.91 Å². The Balaban J connectivity index is 1.59. The molecule has 0 saturated carbocycles.